The van der Waals surface area contributed by atoms with Gasteiger partial charge in [-0.05, 0) is 81.0 Å². The van der Waals surface area contributed by atoms with E-state index in [2.05, 4.69) is 28.0 Å². The predicted molar refractivity (Wildman–Crippen MR) is 116 cm³/mol. The largest absolute Gasteiger partial charge is 0.369 e. The second kappa shape index (κ2) is 10.2. The summed E-state index contributed by atoms with van der Waals surface area (Å²) in [5, 5.41) is 0. The molecule has 1 saturated heterocycles. The van der Waals surface area contributed by atoms with Gasteiger partial charge in [0.25, 0.3) is 0 Å². The number of nitrogens with zero attached hydrogens (tertiary/aromatic N) is 2. The number of fused-ring (bicyclic) bond motifs is 1. The lowest BCUT2D eigenvalue weighted by Crippen LogP contribution is -2.47. The van der Waals surface area contributed by atoms with Gasteiger partial charge in [-0.15, -0.1) is 24.8 Å². The van der Waals surface area contributed by atoms with Gasteiger partial charge in [0.05, 0.1) is 0 Å². The summed E-state index contributed by atoms with van der Waals surface area (Å²) in [6, 6.07) is 7.43. The van der Waals surface area contributed by atoms with Crippen LogP contribution in [0.5, 0.6) is 0 Å². The van der Waals surface area contributed by atoms with Crippen LogP contribution < -0.4 is 10.6 Å². The fourth-order valence-electron chi connectivity index (χ4n) is 4.95. The summed E-state index contributed by atoms with van der Waals surface area (Å²) < 4.78 is 0. The first kappa shape index (κ1) is 21.8. The molecule has 0 amide bonds. The van der Waals surface area contributed by atoms with E-state index < -0.39 is 0 Å². The van der Waals surface area contributed by atoms with Crippen molar-refractivity contribution in [2.75, 3.05) is 37.6 Å². The van der Waals surface area contributed by atoms with Crippen LogP contribution in [0.1, 0.15) is 49.7 Å². The second-order valence-corrected chi connectivity index (χ2v) is 8.17. The highest BCUT2D eigenvalue weighted by atomic mass is 35.5. The SMILES string of the molecule is Cl.Cl.N[C@H]1CC[C@H](CCN2CCN(c3cccc4c3CCC4)CC2)CC1. The Labute approximate surface area is 171 Å². The molecule has 0 unspecified atom stereocenters. The third kappa shape index (κ3) is 5.07. The summed E-state index contributed by atoms with van der Waals surface area (Å²) in [6.07, 6.45) is 10.5. The van der Waals surface area contributed by atoms with Crippen molar-refractivity contribution >= 4 is 30.5 Å². The zero-order valence-corrected chi connectivity index (χ0v) is 17.5. The fraction of sp³-hybridized carbons (Fsp3) is 0.714. The first-order chi connectivity index (χ1) is 11.8. The van der Waals surface area contributed by atoms with Crippen LogP contribution in [0.4, 0.5) is 5.69 Å². The first-order valence-electron chi connectivity index (χ1n) is 10.1. The Hall–Kier alpha value is -0.480. The van der Waals surface area contributed by atoms with Crippen LogP contribution >= 0.6 is 24.8 Å². The molecule has 3 aliphatic rings. The number of aryl methyl sites for hydroxylation is 1. The Morgan fingerprint density at radius 2 is 1.65 bits per heavy atom. The molecule has 4 rings (SSSR count). The van der Waals surface area contributed by atoms with Crippen LogP contribution in [0, 0.1) is 5.92 Å². The summed E-state index contributed by atoms with van der Waals surface area (Å²) in [6.45, 7) is 6.16. The molecule has 1 aromatic carbocycles. The molecule has 0 radical (unpaired) electrons. The highest BCUT2D eigenvalue weighted by Gasteiger charge is 2.23. The Morgan fingerprint density at radius 3 is 2.38 bits per heavy atom. The van der Waals surface area contributed by atoms with Crippen molar-refractivity contribution in [3.63, 3.8) is 0 Å². The number of hydrogen-bond donors (Lipinski definition) is 1. The minimum Gasteiger partial charge on any atom is -0.369 e. The van der Waals surface area contributed by atoms with Gasteiger partial charge in [-0.3, -0.25) is 4.90 Å². The van der Waals surface area contributed by atoms with Crippen LogP contribution in [-0.4, -0.2) is 43.7 Å². The van der Waals surface area contributed by atoms with Gasteiger partial charge in [0.1, 0.15) is 0 Å². The van der Waals surface area contributed by atoms with E-state index in [0.717, 1.165) is 5.92 Å². The maximum Gasteiger partial charge on any atom is 0.0402 e. The maximum absolute atomic E-state index is 6.03. The van der Waals surface area contributed by atoms with E-state index in [1.54, 1.807) is 11.1 Å². The van der Waals surface area contributed by atoms with Gasteiger partial charge in [0.15, 0.2) is 0 Å². The highest BCUT2D eigenvalue weighted by Crippen LogP contribution is 2.32. The molecule has 1 aliphatic heterocycles. The number of benzene rings is 1. The zero-order valence-electron chi connectivity index (χ0n) is 15.9. The van der Waals surface area contributed by atoms with Crippen molar-refractivity contribution in [2.45, 2.75) is 57.4 Å². The summed E-state index contributed by atoms with van der Waals surface area (Å²) >= 11 is 0. The summed E-state index contributed by atoms with van der Waals surface area (Å²) in [5.41, 5.74) is 10.8. The Morgan fingerprint density at radius 1 is 0.923 bits per heavy atom. The van der Waals surface area contributed by atoms with Crippen molar-refractivity contribution in [2.24, 2.45) is 11.7 Å². The van der Waals surface area contributed by atoms with Crippen molar-refractivity contribution in [3.05, 3.63) is 29.3 Å². The van der Waals surface area contributed by atoms with Crippen LogP contribution in [0.15, 0.2) is 18.2 Å². The molecule has 0 spiro atoms. The Bertz CT molecular complexity index is 550. The molecular formula is C21H35Cl2N3. The van der Waals surface area contributed by atoms with Gasteiger partial charge in [-0.25, -0.2) is 0 Å². The Balaban J connectivity index is 0.00000121. The van der Waals surface area contributed by atoms with Crippen LogP contribution in [0.2, 0.25) is 0 Å². The average molecular weight is 400 g/mol. The lowest BCUT2D eigenvalue weighted by molar-refractivity contribution is 0.217. The van der Waals surface area contributed by atoms with Gasteiger partial charge < -0.3 is 10.6 Å². The number of halogens is 2. The molecule has 5 heteroatoms. The smallest absolute Gasteiger partial charge is 0.0402 e. The molecule has 1 aromatic rings. The van der Waals surface area contributed by atoms with E-state index in [0.29, 0.717) is 6.04 Å². The monoisotopic (exact) mass is 399 g/mol. The summed E-state index contributed by atoms with van der Waals surface area (Å²) in [7, 11) is 0. The molecule has 3 nitrogen and oxygen atoms in total. The minimum atomic E-state index is 0. The average Bonchev–Trinajstić information content (AvgIpc) is 3.10. The van der Waals surface area contributed by atoms with Gasteiger partial charge in [0, 0.05) is 37.9 Å². The van der Waals surface area contributed by atoms with E-state index in [1.807, 2.05) is 0 Å². The van der Waals surface area contributed by atoms with Crippen molar-refractivity contribution in [3.8, 4) is 0 Å². The fourth-order valence-corrected chi connectivity index (χ4v) is 4.95. The quantitative estimate of drug-likeness (QED) is 0.828. The highest BCUT2D eigenvalue weighted by molar-refractivity contribution is 5.85. The molecule has 26 heavy (non-hydrogen) atoms. The van der Waals surface area contributed by atoms with Crippen molar-refractivity contribution in [1.29, 1.82) is 0 Å². The van der Waals surface area contributed by atoms with Crippen LogP contribution in [-0.2, 0) is 12.8 Å². The lowest BCUT2D eigenvalue weighted by Gasteiger charge is -2.38. The molecule has 2 aliphatic carbocycles. The molecule has 0 aromatic heterocycles. The molecule has 2 N–H and O–H groups in total. The van der Waals surface area contributed by atoms with E-state index in [4.69, 9.17) is 5.73 Å². The molecule has 2 fully saturated rings. The van der Waals surface area contributed by atoms with E-state index in [-0.39, 0.29) is 24.8 Å². The van der Waals surface area contributed by atoms with Gasteiger partial charge in [0.2, 0.25) is 0 Å². The van der Waals surface area contributed by atoms with Crippen LogP contribution in [0.25, 0.3) is 0 Å². The standard InChI is InChI=1S/C21H33N3.2ClH/c22-19-9-7-17(8-10-19)11-12-23-13-15-24(16-14-23)21-6-2-4-18-3-1-5-20(18)21;;/h2,4,6,17,19H,1,3,5,7-16,22H2;2*1H/t17-,19-;;. The predicted octanol–water partition coefficient (Wildman–Crippen LogP) is 4.05. The molecule has 148 valence electrons. The third-order valence-electron chi connectivity index (χ3n) is 6.58. The normalized spacial score (nSPS) is 26.0. The van der Waals surface area contributed by atoms with Crippen molar-refractivity contribution in [1.82, 2.24) is 4.90 Å². The summed E-state index contributed by atoms with van der Waals surface area (Å²) in [5.74, 6) is 0.931. The zero-order chi connectivity index (χ0) is 16.4. The number of rotatable bonds is 4. The third-order valence-corrected chi connectivity index (χ3v) is 6.58. The molecule has 0 bridgehead atoms. The molecule has 1 heterocycles. The van der Waals surface area contributed by atoms with Gasteiger partial charge in [-0.2, -0.15) is 0 Å². The Kier molecular flexibility index (Phi) is 8.53. The van der Waals surface area contributed by atoms with Crippen molar-refractivity contribution < 1.29 is 0 Å². The lowest BCUT2D eigenvalue weighted by atomic mass is 9.84. The topological polar surface area (TPSA) is 32.5 Å². The molecule has 1 saturated carbocycles. The van der Waals surface area contributed by atoms with E-state index >= 15 is 0 Å². The number of anilines is 1. The number of piperazine rings is 1. The molecular weight excluding hydrogens is 365 g/mol. The second-order valence-electron chi connectivity index (χ2n) is 8.17. The van der Waals surface area contributed by atoms with Gasteiger partial charge in [-0.1, -0.05) is 12.1 Å². The number of hydrogen-bond acceptors (Lipinski definition) is 3. The maximum atomic E-state index is 6.03. The molecule has 0 atom stereocenters. The summed E-state index contributed by atoms with van der Waals surface area (Å²) in [4.78, 5) is 5.33. The first-order valence-corrected chi connectivity index (χ1v) is 10.1. The number of nitrogens with two attached hydrogens (primary N) is 1. The van der Waals surface area contributed by atoms with Crippen LogP contribution in [0.3, 0.4) is 0 Å². The van der Waals surface area contributed by atoms with Gasteiger partial charge >= 0.3 is 0 Å². The van der Waals surface area contributed by atoms with E-state index in [9.17, 15) is 0 Å². The van der Waals surface area contributed by atoms with E-state index in [1.165, 1.54) is 89.8 Å². The minimum absolute atomic E-state index is 0.